The van der Waals surface area contributed by atoms with Crippen LogP contribution in [0.2, 0.25) is 0 Å². The van der Waals surface area contributed by atoms with Crippen molar-refractivity contribution in [2.24, 2.45) is 0 Å². The van der Waals surface area contributed by atoms with Gasteiger partial charge in [0, 0.05) is 0 Å². The molecular weight excluding hydrogens is 495 g/mol. The molecule has 1 N–H and O–H groups in total. The number of carbonyl (C=O) groups excluding carboxylic acids is 4. The van der Waals surface area contributed by atoms with Gasteiger partial charge in [0.05, 0.1) is 28.0 Å². The van der Waals surface area contributed by atoms with Crippen LogP contribution in [0.5, 0.6) is 5.75 Å². The van der Waals surface area contributed by atoms with Crippen molar-refractivity contribution in [2.75, 3.05) is 18.2 Å². The Morgan fingerprint density at radius 1 is 1.29 bits per heavy atom. The third kappa shape index (κ3) is 5.05. The molecule has 0 bridgehead atoms. The number of amides is 2. The van der Waals surface area contributed by atoms with Crippen LogP contribution in [0.15, 0.2) is 35.9 Å². The minimum Gasteiger partial charge on any atom is -0.484 e. The van der Waals surface area contributed by atoms with Gasteiger partial charge in [0.15, 0.2) is 12.6 Å². The number of para-hydroxylation sites is 1. The number of hydrogen-bond donors (Lipinski definition) is 1. The van der Waals surface area contributed by atoms with Crippen molar-refractivity contribution in [1.29, 1.82) is 0 Å². The number of β-lactam (4-membered cyclic amide) rings is 1. The third-order valence-corrected chi connectivity index (χ3v) is 7.15. The molecule has 0 spiro atoms. The zero-order valence-corrected chi connectivity index (χ0v) is 18.7. The molecule has 31 heavy (non-hydrogen) atoms. The van der Waals surface area contributed by atoms with Crippen LogP contribution in [0.4, 0.5) is 0 Å². The van der Waals surface area contributed by atoms with Crippen LogP contribution in [-0.2, 0) is 34.7 Å². The molecule has 0 radical (unpaired) electrons. The van der Waals surface area contributed by atoms with E-state index in [1.54, 1.807) is 30.3 Å². The number of halogens is 3. The molecule has 13 heteroatoms. The first-order valence-electron chi connectivity index (χ1n) is 8.75. The summed E-state index contributed by atoms with van der Waals surface area (Å²) < 4.78 is 20.6. The highest BCUT2D eigenvalue weighted by Gasteiger charge is 2.60. The van der Waals surface area contributed by atoms with E-state index in [9.17, 15) is 23.4 Å². The van der Waals surface area contributed by atoms with Crippen molar-refractivity contribution in [3.63, 3.8) is 0 Å². The number of fused-ring (bicyclic) bond motifs is 1. The van der Waals surface area contributed by atoms with Crippen molar-refractivity contribution in [3.8, 4) is 5.75 Å². The molecule has 3 rings (SSSR count). The standard InChI is InChI=1S/C18H15Cl3N2O7S/c19-9-18(20,21)30-17(27)14-10(6-24)8-31(28)16-13(15(26)23(14)16)22-12(25)7-29-11-4-2-1-3-5-11/h1-5,13-14,16H,7-9H2,(H,22,25)/t13?,14?,16-,31?/m1/s1. The predicted molar refractivity (Wildman–Crippen MR) is 112 cm³/mol. The summed E-state index contributed by atoms with van der Waals surface area (Å²) in [7, 11) is -1.78. The summed E-state index contributed by atoms with van der Waals surface area (Å²) in [6, 6.07) is 5.84. The Balaban J connectivity index is 1.70. The Morgan fingerprint density at radius 3 is 2.58 bits per heavy atom. The maximum absolute atomic E-state index is 12.7. The molecule has 2 heterocycles. The monoisotopic (exact) mass is 508 g/mol. The van der Waals surface area contributed by atoms with Crippen molar-refractivity contribution in [1.82, 2.24) is 10.2 Å². The molecule has 2 aliphatic heterocycles. The number of nitrogens with zero attached hydrogens (tertiary/aromatic N) is 1. The number of carbonyl (C=O) groups is 3. The number of benzene rings is 1. The Hall–Kier alpha value is -2.10. The molecule has 0 saturated carbocycles. The molecule has 0 aliphatic carbocycles. The van der Waals surface area contributed by atoms with Gasteiger partial charge in [0.2, 0.25) is 5.91 Å². The third-order valence-electron chi connectivity index (χ3n) is 4.44. The van der Waals surface area contributed by atoms with Gasteiger partial charge in [0.25, 0.3) is 10.4 Å². The van der Waals surface area contributed by atoms with Gasteiger partial charge in [-0.15, -0.1) is 11.6 Å². The molecule has 1 aromatic rings. The predicted octanol–water partition coefficient (Wildman–Crippen LogP) is 0.521. The number of ether oxygens (including phenoxy) is 2. The van der Waals surface area contributed by atoms with Crippen LogP contribution in [0.3, 0.4) is 0 Å². The second-order valence-corrected chi connectivity index (χ2v) is 9.74. The highest BCUT2D eigenvalue weighted by Crippen LogP contribution is 2.36. The normalized spacial score (nSPS) is 25.1. The zero-order valence-electron chi connectivity index (χ0n) is 15.6. The number of hydrogen-bond acceptors (Lipinski definition) is 7. The smallest absolute Gasteiger partial charge is 0.336 e. The van der Waals surface area contributed by atoms with Crippen LogP contribution in [0.25, 0.3) is 0 Å². The largest absolute Gasteiger partial charge is 0.484 e. The van der Waals surface area contributed by atoms with E-state index in [0.717, 1.165) is 4.90 Å². The van der Waals surface area contributed by atoms with E-state index in [0.29, 0.717) is 5.75 Å². The molecule has 166 valence electrons. The van der Waals surface area contributed by atoms with Gasteiger partial charge in [-0.3, -0.25) is 13.8 Å². The van der Waals surface area contributed by atoms with Gasteiger partial charge >= 0.3 is 5.97 Å². The Bertz CT molecular complexity index is 968. The summed E-state index contributed by atoms with van der Waals surface area (Å²) in [6.45, 7) is -0.380. The molecule has 0 aromatic heterocycles. The highest BCUT2D eigenvalue weighted by atomic mass is 35.5. The molecule has 2 amide bonds. The maximum atomic E-state index is 12.7. The van der Waals surface area contributed by atoms with Crippen molar-refractivity contribution in [2.45, 2.75) is 22.0 Å². The lowest BCUT2D eigenvalue weighted by molar-refractivity contribution is -0.165. The van der Waals surface area contributed by atoms with Crippen LogP contribution in [-0.4, -0.2) is 73.1 Å². The molecule has 2 aliphatic rings. The van der Waals surface area contributed by atoms with E-state index in [1.165, 1.54) is 5.94 Å². The summed E-state index contributed by atoms with van der Waals surface area (Å²) in [4.78, 5) is 49.6. The van der Waals surface area contributed by atoms with Gasteiger partial charge in [-0.25, -0.2) is 9.59 Å². The van der Waals surface area contributed by atoms with Crippen LogP contribution in [0.1, 0.15) is 0 Å². The average molecular weight is 510 g/mol. The van der Waals surface area contributed by atoms with Gasteiger partial charge in [0.1, 0.15) is 23.1 Å². The van der Waals surface area contributed by atoms with E-state index in [4.69, 9.17) is 44.3 Å². The summed E-state index contributed by atoms with van der Waals surface area (Å²) in [5, 5.41) is 1.38. The topological polar surface area (TPSA) is 119 Å². The summed E-state index contributed by atoms with van der Waals surface area (Å²) >= 11 is 17.0. The van der Waals surface area contributed by atoms with Gasteiger partial charge in [-0.2, -0.15) is 0 Å². The summed E-state index contributed by atoms with van der Waals surface area (Å²) in [5.74, 6) is -1.34. The SMILES string of the molecule is O=C=C1CS(=O)[C@@H]2C(NC(=O)COc3ccccc3)C(=O)N2C1C(=O)OC(Cl)(Cl)CCl. The lowest BCUT2D eigenvalue weighted by atomic mass is 9.98. The lowest BCUT2D eigenvalue weighted by Crippen LogP contribution is -2.78. The summed E-state index contributed by atoms with van der Waals surface area (Å²) in [6.07, 6.45) is 0. The molecule has 9 nitrogen and oxygen atoms in total. The second kappa shape index (κ2) is 9.58. The highest BCUT2D eigenvalue weighted by molar-refractivity contribution is 7.86. The van der Waals surface area contributed by atoms with E-state index in [2.05, 4.69) is 5.32 Å². The minimum atomic E-state index is -2.09. The lowest BCUT2D eigenvalue weighted by Gasteiger charge is -2.51. The number of alkyl halides is 3. The fourth-order valence-corrected chi connectivity index (χ4v) is 4.98. The molecule has 3 unspecified atom stereocenters. The Morgan fingerprint density at radius 2 is 1.97 bits per heavy atom. The molecule has 4 atom stereocenters. The van der Waals surface area contributed by atoms with E-state index in [-0.39, 0.29) is 17.9 Å². The Labute approximate surface area is 194 Å². The van der Waals surface area contributed by atoms with Gasteiger partial charge in [-0.1, -0.05) is 41.4 Å². The second-order valence-electron chi connectivity index (χ2n) is 6.53. The molecule has 2 saturated heterocycles. The summed E-state index contributed by atoms with van der Waals surface area (Å²) in [5.41, 5.74) is -0.260. The van der Waals surface area contributed by atoms with E-state index in [1.807, 2.05) is 0 Å². The van der Waals surface area contributed by atoms with E-state index < -0.39 is 56.4 Å². The molecule has 1 aromatic carbocycles. The minimum absolute atomic E-state index is 0.260. The van der Waals surface area contributed by atoms with E-state index >= 15 is 0 Å². The maximum Gasteiger partial charge on any atom is 0.336 e. The number of nitrogens with one attached hydrogen (secondary N) is 1. The van der Waals surface area contributed by atoms with Crippen LogP contribution < -0.4 is 10.1 Å². The number of esters is 1. The average Bonchev–Trinajstić information content (AvgIpc) is 2.75. The first-order valence-corrected chi connectivity index (χ1v) is 11.4. The molecule has 2 fully saturated rings. The quantitative estimate of drug-likeness (QED) is 0.246. The van der Waals surface area contributed by atoms with Crippen LogP contribution >= 0.6 is 34.8 Å². The van der Waals surface area contributed by atoms with Crippen molar-refractivity contribution < 1.29 is 32.9 Å². The van der Waals surface area contributed by atoms with Gasteiger partial charge in [-0.05, 0) is 12.1 Å². The molecular formula is C18H15Cl3N2O7S. The number of rotatable bonds is 7. The first-order chi connectivity index (χ1) is 14.7. The fraction of sp³-hybridized carbons (Fsp3) is 0.389. The zero-order chi connectivity index (χ0) is 22.8. The van der Waals surface area contributed by atoms with Crippen molar-refractivity contribution >= 4 is 69.3 Å². The van der Waals surface area contributed by atoms with Crippen molar-refractivity contribution in [3.05, 3.63) is 35.9 Å². The first kappa shape index (κ1) is 23.6. The fourth-order valence-electron chi connectivity index (χ4n) is 3.11. The van der Waals surface area contributed by atoms with Crippen LogP contribution in [0, 0.1) is 0 Å². The van der Waals surface area contributed by atoms with Gasteiger partial charge < -0.3 is 19.7 Å². The Kier molecular flexibility index (Phi) is 7.28.